The summed E-state index contributed by atoms with van der Waals surface area (Å²) in [6.07, 6.45) is 1.85. The van der Waals surface area contributed by atoms with E-state index in [0.29, 0.717) is 18.0 Å². The Kier molecular flexibility index (Phi) is 5.83. The van der Waals surface area contributed by atoms with Crippen LogP contribution in [0.4, 0.5) is 10.5 Å². The van der Waals surface area contributed by atoms with Gasteiger partial charge in [-0.05, 0) is 36.1 Å². The molecule has 4 heteroatoms. The number of ether oxygens (including phenoxy) is 1. The fourth-order valence-corrected chi connectivity index (χ4v) is 2.18. The average Bonchev–Trinajstić information content (AvgIpc) is 2.56. The molecule has 0 fully saturated rings. The molecule has 2 aromatic carbocycles. The number of hydrogen-bond donors (Lipinski definition) is 2. The summed E-state index contributed by atoms with van der Waals surface area (Å²) in [4.78, 5) is 11.9. The first-order valence-corrected chi connectivity index (χ1v) is 7.48. The summed E-state index contributed by atoms with van der Waals surface area (Å²) in [5, 5.41) is 5.64. The number of anilines is 1. The number of hydrogen-bond acceptors (Lipinski definition) is 2. The predicted molar refractivity (Wildman–Crippen MR) is 89.5 cm³/mol. The second kappa shape index (κ2) is 8.08. The number of methoxy groups -OCH3 is 1. The lowest BCUT2D eigenvalue weighted by Crippen LogP contribution is -2.30. The molecule has 0 saturated carbocycles. The van der Waals surface area contributed by atoms with E-state index in [2.05, 4.69) is 41.8 Å². The topological polar surface area (TPSA) is 50.4 Å². The maximum atomic E-state index is 11.9. The largest absolute Gasteiger partial charge is 0.495 e. The first-order valence-electron chi connectivity index (χ1n) is 7.48. The van der Waals surface area contributed by atoms with Crippen LogP contribution in [0.1, 0.15) is 18.1 Å². The van der Waals surface area contributed by atoms with Gasteiger partial charge in [0.2, 0.25) is 0 Å². The van der Waals surface area contributed by atoms with Gasteiger partial charge in [-0.3, -0.25) is 0 Å². The highest BCUT2D eigenvalue weighted by molar-refractivity contribution is 5.90. The fraction of sp³-hybridized carbons (Fsp3) is 0.278. The molecule has 0 aromatic heterocycles. The molecule has 2 rings (SSSR count). The van der Waals surface area contributed by atoms with Crippen LogP contribution in [0.2, 0.25) is 0 Å². The smallest absolute Gasteiger partial charge is 0.319 e. The van der Waals surface area contributed by atoms with E-state index in [-0.39, 0.29) is 6.03 Å². The van der Waals surface area contributed by atoms with Gasteiger partial charge in [0.05, 0.1) is 12.8 Å². The molecule has 0 aliphatic rings. The van der Waals surface area contributed by atoms with Crippen LogP contribution in [0.5, 0.6) is 5.75 Å². The van der Waals surface area contributed by atoms with Crippen molar-refractivity contribution in [3.05, 3.63) is 59.7 Å². The number of nitrogens with one attached hydrogen (secondary N) is 2. The van der Waals surface area contributed by atoms with Gasteiger partial charge < -0.3 is 15.4 Å². The highest BCUT2D eigenvalue weighted by Crippen LogP contribution is 2.22. The monoisotopic (exact) mass is 298 g/mol. The fourth-order valence-electron chi connectivity index (χ4n) is 2.18. The maximum Gasteiger partial charge on any atom is 0.319 e. The van der Waals surface area contributed by atoms with Crippen molar-refractivity contribution in [3.8, 4) is 5.75 Å². The molecule has 0 unspecified atom stereocenters. The predicted octanol–water partition coefficient (Wildman–Crippen LogP) is 3.62. The zero-order valence-corrected chi connectivity index (χ0v) is 13.1. The maximum absolute atomic E-state index is 11.9. The Morgan fingerprint density at radius 1 is 1.05 bits per heavy atom. The summed E-state index contributed by atoms with van der Waals surface area (Å²) < 4.78 is 5.20. The molecule has 2 aromatic rings. The molecule has 2 N–H and O–H groups in total. The number of para-hydroxylation sites is 2. The third kappa shape index (κ3) is 4.52. The van der Waals surface area contributed by atoms with Crippen LogP contribution in [-0.4, -0.2) is 19.7 Å². The Bertz CT molecular complexity index is 609. The van der Waals surface area contributed by atoms with Gasteiger partial charge in [0.15, 0.2) is 0 Å². The van der Waals surface area contributed by atoms with Gasteiger partial charge in [0.25, 0.3) is 0 Å². The Hall–Kier alpha value is -2.49. The van der Waals surface area contributed by atoms with Crippen LogP contribution in [0.3, 0.4) is 0 Å². The lowest BCUT2D eigenvalue weighted by atomic mass is 10.1. The van der Waals surface area contributed by atoms with E-state index in [9.17, 15) is 4.79 Å². The van der Waals surface area contributed by atoms with E-state index < -0.39 is 0 Å². The van der Waals surface area contributed by atoms with Gasteiger partial charge in [0.1, 0.15) is 5.75 Å². The molecule has 2 amide bonds. The molecule has 0 aliphatic carbocycles. The van der Waals surface area contributed by atoms with Crippen molar-refractivity contribution < 1.29 is 9.53 Å². The number of rotatable bonds is 6. The standard InChI is InChI=1S/C18H22N2O2/c1-3-14-8-10-15(11-9-14)12-13-19-18(21)20-16-6-4-5-7-17(16)22-2/h4-11H,3,12-13H2,1-2H3,(H2,19,20,21). The Morgan fingerprint density at radius 3 is 2.41 bits per heavy atom. The van der Waals surface area contributed by atoms with E-state index in [1.165, 1.54) is 11.1 Å². The van der Waals surface area contributed by atoms with Crippen molar-refractivity contribution in [2.45, 2.75) is 19.8 Å². The summed E-state index contributed by atoms with van der Waals surface area (Å²) in [6, 6.07) is 15.6. The summed E-state index contributed by atoms with van der Waals surface area (Å²) in [6.45, 7) is 2.73. The first kappa shape index (κ1) is 15.9. The number of urea groups is 1. The van der Waals surface area contributed by atoms with Gasteiger partial charge in [-0.25, -0.2) is 4.79 Å². The van der Waals surface area contributed by atoms with Crippen molar-refractivity contribution in [2.24, 2.45) is 0 Å². The molecule has 22 heavy (non-hydrogen) atoms. The van der Waals surface area contributed by atoms with Crippen LogP contribution in [0.15, 0.2) is 48.5 Å². The second-order valence-electron chi connectivity index (χ2n) is 5.00. The number of carbonyl (C=O) groups excluding carboxylic acids is 1. The van der Waals surface area contributed by atoms with Gasteiger partial charge in [-0.2, -0.15) is 0 Å². The minimum absolute atomic E-state index is 0.227. The van der Waals surface area contributed by atoms with E-state index in [1.54, 1.807) is 7.11 Å². The number of benzene rings is 2. The van der Waals surface area contributed by atoms with E-state index in [0.717, 1.165) is 12.8 Å². The van der Waals surface area contributed by atoms with Gasteiger partial charge >= 0.3 is 6.03 Å². The van der Waals surface area contributed by atoms with Crippen LogP contribution < -0.4 is 15.4 Å². The average molecular weight is 298 g/mol. The van der Waals surface area contributed by atoms with Crippen molar-refractivity contribution in [3.63, 3.8) is 0 Å². The van der Waals surface area contributed by atoms with Crippen LogP contribution in [-0.2, 0) is 12.8 Å². The second-order valence-corrected chi connectivity index (χ2v) is 5.00. The highest BCUT2D eigenvalue weighted by Gasteiger charge is 2.05. The van der Waals surface area contributed by atoms with Crippen molar-refractivity contribution in [2.75, 3.05) is 19.0 Å². The van der Waals surface area contributed by atoms with Crippen LogP contribution in [0.25, 0.3) is 0 Å². The molecule has 0 spiro atoms. The zero-order valence-electron chi connectivity index (χ0n) is 13.1. The Labute approximate surface area is 131 Å². The third-order valence-corrected chi connectivity index (χ3v) is 3.49. The van der Waals surface area contributed by atoms with Crippen LogP contribution in [0, 0.1) is 0 Å². The van der Waals surface area contributed by atoms with Gasteiger partial charge in [0, 0.05) is 6.54 Å². The molecule has 0 radical (unpaired) electrons. The zero-order chi connectivity index (χ0) is 15.8. The summed E-state index contributed by atoms with van der Waals surface area (Å²) >= 11 is 0. The molecule has 0 atom stereocenters. The molecule has 4 nitrogen and oxygen atoms in total. The molecule has 116 valence electrons. The summed E-state index contributed by atoms with van der Waals surface area (Å²) in [5.41, 5.74) is 3.20. The quantitative estimate of drug-likeness (QED) is 0.855. The number of carbonyl (C=O) groups is 1. The molecular weight excluding hydrogens is 276 g/mol. The van der Waals surface area contributed by atoms with Crippen molar-refractivity contribution in [1.82, 2.24) is 5.32 Å². The highest BCUT2D eigenvalue weighted by atomic mass is 16.5. The summed E-state index contributed by atoms with van der Waals surface area (Å²) in [7, 11) is 1.58. The number of amides is 2. The minimum Gasteiger partial charge on any atom is -0.495 e. The Balaban J connectivity index is 1.80. The summed E-state index contributed by atoms with van der Waals surface area (Å²) in [5.74, 6) is 0.646. The first-order chi connectivity index (χ1) is 10.7. The SMILES string of the molecule is CCc1ccc(CCNC(=O)Nc2ccccc2OC)cc1. The molecule has 0 bridgehead atoms. The normalized spacial score (nSPS) is 10.1. The van der Waals surface area contributed by atoms with E-state index >= 15 is 0 Å². The van der Waals surface area contributed by atoms with E-state index in [1.807, 2.05) is 24.3 Å². The van der Waals surface area contributed by atoms with Crippen molar-refractivity contribution >= 4 is 11.7 Å². The third-order valence-electron chi connectivity index (χ3n) is 3.49. The van der Waals surface area contributed by atoms with Crippen molar-refractivity contribution in [1.29, 1.82) is 0 Å². The molecule has 0 aliphatic heterocycles. The molecule has 0 saturated heterocycles. The minimum atomic E-state index is -0.227. The lowest BCUT2D eigenvalue weighted by Gasteiger charge is -2.11. The lowest BCUT2D eigenvalue weighted by molar-refractivity contribution is 0.252. The van der Waals surface area contributed by atoms with Crippen LogP contribution >= 0.6 is 0 Å². The Morgan fingerprint density at radius 2 is 1.73 bits per heavy atom. The van der Waals surface area contributed by atoms with Gasteiger partial charge in [-0.1, -0.05) is 43.3 Å². The molecule has 0 heterocycles. The van der Waals surface area contributed by atoms with Gasteiger partial charge in [-0.15, -0.1) is 0 Å². The number of aryl methyl sites for hydroxylation is 1. The van der Waals surface area contributed by atoms with E-state index in [4.69, 9.17) is 4.74 Å². The molecular formula is C18H22N2O2.